The van der Waals surface area contributed by atoms with Gasteiger partial charge in [-0.1, -0.05) is 42.0 Å². The van der Waals surface area contributed by atoms with Crippen LogP contribution in [0.15, 0.2) is 53.3 Å². The van der Waals surface area contributed by atoms with Crippen LogP contribution in [0.5, 0.6) is 0 Å². The number of primary amides is 1. The van der Waals surface area contributed by atoms with E-state index in [1.807, 2.05) is 37.3 Å². The van der Waals surface area contributed by atoms with E-state index in [0.717, 1.165) is 28.0 Å². The molecular weight excluding hydrogens is 396 g/mol. The molecule has 0 aliphatic rings. The van der Waals surface area contributed by atoms with Gasteiger partial charge in [-0.3, -0.25) is 14.2 Å². The highest BCUT2D eigenvalue weighted by Crippen LogP contribution is 2.29. The second kappa shape index (κ2) is 7.58. The number of carbonyl (C=O) groups excluding carboxylic acids is 1. The first-order chi connectivity index (χ1) is 14.4. The third kappa shape index (κ3) is 3.38. The van der Waals surface area contributed by atoms with Crippen molar-refractivity contribution in [3.63, 3.8) is 0 Å². The summed E-state index contributed by atoms with van der Waals surface area (Å²) in [5.74, 6) is -0.0628. The highest BCUT2D eigenvalue weighted by molar-refractivity contribution is 7.20. The Morgan fingerprint density at radius 1 is 1.20 bits per heavy atom. The zero-order valence-corrected chi connectivity index (χ0v) is 17.3. The molecule has 0 saturated carbocycles. The molecule has 0 fully saturated rings. The first-order valence-corrected chi connectivity index (χ1v) is 10.1. The van der Waals surface area contributed by atoms with E-state index in [1.165, 1.54) is 0 Å². The molecule has 2 heterocycles. The van der Waals surface area contributed by atoms with E-state index >= 15 is 0 Å². The van der Waals surface area contributed by atoms with Gasteiger partial charge in [0.25, 0.3) is 11.5 Å². The molecule has 1 amide bonds. The van der Waals surface area contributed by atoms with Gasteiger partial charge in [-0.25, -0.2) is 4.98 Å². The minimum absolute atomic E-state index is 0.237. The molecule has 148 valence electrons. The van der Waals surface area contributed by atoms with Crippen LogP contribution in [0.1, 0.15) is 31.9 Å². The van der Waals surface area contributed by atoms with Crippen LogP contribution < -0.4 is 11.3 Å². The molecule has 0 spiro atoms. The van der Waals surface area contributed by atoms with Crippen LogP contribution in [0, 0.1) is 25.2 Å². The topological polar surface area (TPSA) is 102 Å². The summed E-state index contributed by atoms with van der Waals surface area (Å²) in [6.45, 7) is 3.96. The molecule has 0 aliphatic carbocycles. The number of aromatic nitrogens is 2. The summed E-state index contributed by atoms with van der Waals surface area (Å²) in [4.78, 5) is 30.9. The number of fused-ring (bicyclic) bond motifs is 1. The smallest absolute Gasteiger partial charge is 0.263 e. The predicted octanol–water partition coefficient (Wildman–Crippen LogP) is 3.76. The fourth-order valence-corrected chi connectivity index (χ4v) is 4.47. The van der Waals surface area contributed by atoms with E-state index in [0.29, 0.717) is 32.0 Å². The number of carbonyl (C=O) groups is 1. The van der Waals surface area contributed by atoms with Crippen LogP contribution in [0.25, 0.3) is 21.6 Å². The molecule has 4 aromatic rings. The molecule has 0 unspecified atom stereocenters. The van der Waals surface area contributed by atoms with E-state index in [1.54, 1.807) is 29.7 Å². The number of hydrogen-bond acceptors (Lipinski definition) is 5. The molecule has 0 saturated heterocycles. The van der Waals surface area contributed by atoms with E-state index in [4.69, 9.17) is 10.7 Å². The number of nitrogens with zero attached hydrogens (tertiary/aromatic N) is 3. The highest BCUT2D eigenvalue weighted by atomic mass is 32.1. The highest BCUT2D eigenvalue weighted by Gasteiger charge is 2.21. The van der Waals surface area contributed by atoms with Crippen molar-refractivity contribution in [1.82, 2.24) is 9.55 Å². The van der Waals surface area contributed by atoms with E-state index < -0.39 is 5.91 Å². The van der Waals surface area contributed by atoms with E-state index in [-0.39, 0.29) is 12.1 Å². The van der Waals surface area contributed by atoms with Crippen LogP contribution >= 0.6 is 11.3 Å². The summed E-state index contributed by atoms with van der Waals surface area (Å²) in [6.07, 6.45) is 0. The monoisotopic (exact) mass is 414 g/mol. The van der Waals surface area contributed by atoms with Crippen molar-refractivity contribution in [3.8, 4) is 17.5 Å². The minimum Gasteiger partial charge on any atom is -0.365 e. The molecule has 30 heavy (non-hydrogen) atoms. The molecule has 2 N–H and O–H groups in total. The average Bonchev–Trinajstić information content (AvgIpc) is 3.07. The van der Waals surface area contributed by atoms with Gasteiger partial charge >= 0.3 is 0 Å². The van der Waals surface area contributed by atoms with Crippen molar-refractivity contribution in [2.45, 2.75) is 20.4 Å². The van der Waals surface area contributed by atoms with Gasteiger partial charge in [0.1, 0.15) is 10.7 Å². The standard InChI is InChI=1S/C23H18N4O2S/c1-13-6-8-17(9-7-13)21-26-22-18(14(2)19(30-22)20(25)28)23(29)27(21)12-16-5-3-4-15(10-16)11-24/h3-10H,12H2,1-2H3,(H2,25,28). The number of amides is 1. The van der Waals surface area contributed by atoms with Gasteiger partial charge in [0.05, 0.1) is 28.4 Å². The largest absolute Gasteiger partial charge is 0.365 e. The maximum atomic E-state index is 13.5. The van der Waals surface area contributed by atoms with Gasteiger partial charge in [-0.15, -0.1) is 11.3 Å². The summed E-state index contributed by atoms with van der Waals surface area (Å²) in [5.41, 5.74) is 9.03. The van der Waals surface area contributed by atoms with Crippen LogP contribution in [-0.4, -0.2) is 15.5 Å². The van der Waals surface area contributed by atoms with Gasteiger partial charge < -0.3 is 5.73 Å². The van der Waals surface area contributed by atoms with Crippen molar-refractivity contribution in [1.29, 1.82) is 5.26 Å². The molecule has 2 aromatic heterocycles. The van der Waals surface area contributed by atoms with Crippen LogP contribution in [0.4, 0.5) is 0 Å². The summed E-state index contributed by atoms with van der Waals surface area (Å²) < 4.78 is 1.59. The fourth-order valence-electron chi connectivity index (χ4n) is 3.44. The second-order valence-corrected chi connectivity index (χ2v) is 8.10. The number of thiophene rings is 1. The summed E-state index contributed by atoms with van der Waals surface area (Å²) in [5, 5.41) is 9.60. The van der Waals surface area contributed by atoms with Crippen LogP contribution in [0.2, 0.25) is 0 Å². The average molecular weight is 414 g/mol. The molecule has 0 aliphatic heterocycles. The Kier molecular flexibility index (Phi) is 4.94. The zero-order valence-electron chi connectivity index (χ0n) is 16.5. The zero-order chi connectivity index (χ0) is 21.4. The molecule has 0 atom stereocenters. The molecule has 7 heteroatoms. The van der Waals surface area contributed by atoms with Gasteiger partial charge in [0.2, 0.25) is 0 Å². The van der Waals surface area contributed by atoms with Crippen LogP contribution in [0.3, 0.4) is 0 Å². The fraction of sp³-hybridized carbons (Fsp3) is 0.130. The molecule has 0 radical (unpaired) electrons. The van der Waals surface area contributed by atoms with Crippen molar-refractivity contribution in [2.75, 3.05) is 0 Å². The van der Waals surface area contributed by atoms with Crippen molar-refractivity contribution >= 4 is 27.5 Å². The Balaban J connectivity index is 2.00. The van der Waals surface area contributed by atoms with Gasteiger partial charge in [-0.2, -0.15) is 5.26 Å². The number of hydrogen-bond donors (Lipinski definition) is 1. The second-order valence-electron chi connectivity index (χ2n) is 7.11. The lowest BCUT2D eigenvalue weighted by molar-refractivity contribution is 0.100. The van der Waals surface area contributed by atoms with Crippen molar-refractivity contribution in [2.24, 2.45) is 5.73 Å². The lowest BCUT2D eigenvalue weighted by atomic mass is 10.1. The van der Waals surface area contributed by atoms with Gasteiger partial charge in [0.15, 0.2) is 0 Å². The first-order valence-electron chi connectivity index (χ1n) is 9.29. The SMILES string of the molecule is Cc1ccc(-c2nc3sc(C(N)=O)c(C)c3c(=O)n2Cc2cccc(C#N)c2)cc1. The number of nitriles is 1. The Morgan fingerprint density at radius 3 is 2.60 bits per heavy atom. The lowest BCUT2D eigenvalue weighted by Gasteiger charge is -2.13. The Morgan fingerprint density at radius 2 is 1.93 bits per heavy atom. The van der Waals surface area contributed by atoms with E-state index in [2.05, 4.69) is 6.07 Å². The number of aryl methyl sites for hydroxylation is 2. The minimum atomic E-state index is -0.569. The molecule has 2 aromatic carbocycles. The van der Waals surface area contributed by atoms with Crippen molar-refractivity contribution < 1.29 is 4.79 Å². The predicted molar refractivity (Wildman–Crippen MR) is 118 cm³/mol. The molecular formula is C23H18N4O2S. The molecule has 0 bridgehead atoms. The van der Waals surface area contributed by atoms with Gasteiger partial charge in [-0.05, 0) is 37.1 Å². The number of rotatable bonds is 4. The summed E-state index contributed by atoms with van der Waals surface area (Å²) in [7, 11) is 0. The lowest BCUT2D eigenvalue weighted by Crippen LogP contribution is -2.24. The summed E-state index contributed by atoms with van der Waals surface area (Å²) >= 11 is 1.14. The van der Waals surface area contributed by atoms with Crippen LogP contribution in [-0.2, 0) is 6.54 Å². The Bertz CT molecular complexity index is 1390. The normalized spacial score (nSPS) is 10.8. The maximum absolute atomic E-state index is 13.5. The summed E-state index contributed by atoms with van der Waals surface area (Å²) in [6, 6.07) is 17.0. The van der Waals surface area contributed by atoms with E-state index in [9.17, 15) is 14.9 Å². The number of benzene rings is 2. The molecule has 6 nitrogen and oxygen atoms in total. The maximum Gasteiger partial charge on any atom is 0.263 e. The third-order valence-corrected chi connectivity index (χ3v) is 6.18. The first kappa shape index (κ1) is 19.6. The quantitative estimate of drug-likeness (QED) is 0.549. The Hall–Kier alpha value is -3.76. The van der Waals surface area contributed by atoms with Gasteiger partial charge in [0, 0.05) is 5.56 Å². The Labute approximate surface area is 176 Å². The van der Waals surface area contributed by atoms with Crippen molar-refractivity contribution in [3.05, 3.63) is 86.0 Å². The molecule has 4 rings (SSSR count). The number of nitrogens with two attached hydrogens (primary N) is 1. The third-order valence-electron chi connectivity index (χ3n) is 4.98.